The Morgan fingerprint density at radius 1 is 1.19 bits per heavy atom. The van der Waals surface area contributed by atoms with Crippen LogP contribution < -0.4 is 0 Å². The fraction of sp³-hybridized carbons (Fsp3) is 0.857. The van der Waals surface area contributed by atoms with Crippen LogP contribution in [-0.2, 0) is 19.4 Å². The number of hydrogen-bond acceptors (Lipinski definition) is 4. The third kappa shape index (κ3) is 2.67. The lowest BCUT2D eigenvalue weighted by molar-refractivity contribution is -0.141. The van der Waals surface area contributed by atoms with E-state index in [1.54, 1.807) is 0 Å². The van der Waals surface area contributed by atoms with Gasteiger partial charge in [0.15, 0.2) is 9.84 Å². The number of carbonyl (C=O) groups excluding carboxylic acids is 1. The maximum atomic E-state index is 12.7. The Kier molecular flexibility index (Phi) is 3.64. The zero-order chi connectivity index (χ0) is 16.2. The SMILES string of the molecule is CC1(C)C(C(=O)N2CCS(=O)(=O)CC2CC(=O)O)C1(C)C. The number of carboxylic acids is 1. The molecule has 1 atom stereocenters. The summed E-state index contributed by atoms with van der Waals surface area (Å²) < 4.78 is 23.4. The molecule has 2 rings (SSSR count). The van der Waals surface area contributed by atoms with Crippen molar-refractivity contribution in [3.63, 3.8) is 0 Å². The maximum Gasteiger partial charge on any atom is 0.305 e. The van der Waals surface area contributed by atoms with E-state index in [9.17, 15) is 18.0 Å². The second-order valence-corrected chi connectivity index (χ2v) is 9.50. The van der Waals surface area contributed by atoms with Gasteiger partial charge in [-0.15, -0.1) is 0 Å². The van der Waals surface area contributed by atoms with Gasteiger partial charge >= 0.3 is 5.97 Å². The highest BCUT2D eigenvalue weighted by Gasteiger charge is 2.69. The number of hydrogen-bond donors (Lipinski definition) is 1. The van der Waals surface area contributed by atoms with Crippen LogP contribution in [0.2, 0.25) is 0 Å². The molecular formula is C14H23NO5S. The van der Waals surface area contributed by atoms with Gasteiger partial charge in [-0.2, -0.15) is 0 Å². The smallest absolute Gasteiger partial charge is 0.305 e. The first-order valence-corrected chi connectivity index (χ1v) is 8.95. The van der Waals surface area contributed by atoms with Crippen molar-refractivity contribution in [3.05, 3.63) is 0 Å². The maximum absolute atomic E-state index is 12.7. The second-order valence-electron chi connectivity index (χ2n) is 7.27. The summed E-state index contributed by atoms with van der Waals surface area (Å²) in [6.07, 6.45) is -0.321. The van der Waals surface area contributed by atoms with Gasteiger partial charge in [0.1, 0.15) is 0 Å². The third-order valence-electron chi connectivity index (χ3n) is 5.49. The van der Waals surface area contributed by atoms with Crippen LogP contribution in [-0.4, -0.2) is 54.4 Å². The number of nitrogens with zero attached hydrogens (tertiary/aromatic N) is 1. The number of aliphatic carboxylic acids is 1. The molecule has 21 heavy (non-hydrogen) atoms. The molecule has 0 aromatic rings. The van der Waals surface area contributed by atoms with Gasteiger partial charge in [-0.25, -0.2) is 8.42 Å². The van der Waals surface area contributed by atoms with Crippen molar-refractivity contribution < 1.29 is 23.1 Å². The van der Waals surface area contributed by atoms with Crippen LogP contribution in [0.15, 0.2) is 0 Å². The van der Waals surface area contributed by atoms with E-state index in [-0.39, 0.29) is 47.1 Å². The van der Waals surface area contributed by atoms with Crippen molar-refractivity contribution in [2.45, 2.75) is 40.2 Å². The van der Waals surface area contributed by atoms with Gasteiger partial charge in [0, 0.05) is 12.5 Å². The number of carbonyl (C=O) groups is 2. The monoisotopic (exact) mass is 317 g/mol. The molecule has 0 aromatic carbocycles. The van der Waals surface area contributed by atoms with Gasteiger partial charge in [-0.05, 0) is 10.8 Å². The molecule has 1 heterocycles. The van der Waals surface area contributed by atoms with Gasteiger partial charge in [0.25, 0.3) is 0 Å². The Bertz CT molecular complexity index is 564. The van der Waals surface area contributed by atoms with E-state index in [4.69, 9.17) is 5.11 Å². The molecule has 2 aliphatic rings. The molecule has 1 N–H and O–H groups in total. The highest BCUT2D eigenvalue weighted by atomic mass is 32.2. The van der Waals surface area contributed by atoms with E-state index in [0.29, 0.717) is 0 Å². The first kappa shape index (κ1) is 16.3. The van der Waals surface area contributed by atoms with Crippen LogP contribution >= 0.6 is 0 Å². The zero-order valence-corrected chi connectivity index (χ0v) is 13.7. The van der Waals surface area contributed by atoms with Crippen LogP contribution in [0.1, 0.15) is 34.1 Å². The predicted octanol–water partition coefficient (Wildman–Crippen LogP) is 0.769. The fourth-order valence-electron chi connectivity index (χ4n) is 3.53. The molecule has 1 saturated heterocycles. The second kappa shape index (κ2) is 4.69. The average molecular weight is 317 g/mol. The number of carboxylic acid groups (broad SMARTS) is 1. The average Bonchev–Trinajstić information content (AvgIpc) is 2.66. The van der Waals surface area contributed by atoms with Gasteiger partial charge in [0.05, 0.1) is 24.0 Å². The van der Waals surface area contributed by atoms with Crippen LogP contribution in [0.4, 0.5) is 0 Å². The molecule has 6 nitrogen and oxygen atoms in total. The summed E-state index contributed by atoms with van der Waals surface area (Å²) in [4.78, 5) is 25.2. The topological polar surface area (TPSA) is 91.8 Å². The highest BCUT2D eigenvalue weighted by Crippen LogP contribution is 2.68. The van der Waals surface area contributed by atoms with Crippen LogP contribution in [0, 0.1) is 16.7 Å². The normalized spacial score (nSPS) is 29.9. The summed E-state index contributed by atoms with van der Waals surface area (Å²) in [6.45, 7) is 8.16. The van der Waals surface area contributed by atoms with Crippen LogP contribution in [0.25, 0.3) is 0 Å². The molecule has 120 valence electrons. The summed E-state index contributed by atoms with van der Waals surface area (Å²) in [5, 5.41) is 8.96. The lowest BCUT2D eigenvalue weighted by atomic mass is 10.0. The van der Waals surface area contributed by atoms with Crippen LogP contribution in [0.5, 0.6) is 0 Å². The Hall–Kier alpha value is -1.11. The Morgan fingerprint density at radius 2 is 1.71 bits per heavy atom. The molecule has 1 aliphatic heterocycles. The molecular weight excluding hydrogens is 294 g/mol. The van der Waals surface area contributed by atoms with E-state index in [2.05, 4.69) is 0 Å². The molecule has 1 unspecified atom stereocenters. The minimum Gasteiger partial charge on any atom is -0.481 e. The molecule has 2 fully saturated rings. The minimum atomic E-state index is -3.26. The van der Waals surface area contributed by atoms with Gasteiger partial charge in [-0.3, -0.25) is 9.59 Å². The third-order valence-corrected chi connectivity index (χ3v) is 7.19. The van der Waals surface area contributed by atoms with Crippen molar-refractivity contribution in [1.82, 2.24) is 4.90 Å². The summed E-state index contributed by atoms with van der Waals surface area (Å²) in [5.74, 6) is -1.70. The zero-order valence-electron chi connectivity index (χ0n) is 12.9. The summed E-state index contributed by atoms with van der Waals surface area (Å²) in [5.41, 5.74) is -0.289. The molecule has 0 radical (unpaired) electrons. The molecule has 1 saturated carbocycles. The molecule has 7 heteroatoms. The Morgan fingerprint density at radius 3 is 2.14 bits per heavy atom. The number of sulfone groups is 1. The molecule has 1 amide bonds. The van der Waals surface area contributed by atoms with E-state index in [1.165, 1.54) is 4.90 Å². The largest absolute Gasteiger partial charge is 0.481 e. The first-order valence-electron chi connectivity index (χ1n) is 7.13. The number of amides is 1. The van der Waals surface area contributed by atoms with Crippen LogP contribution in [0.3, 0.4) is 0 Å². The first-order chi connectivity index (χ1) is 9.40. The molecule has 0 aromatic heterocycles. The van der Waals surface area contributed by atoms with E-state index >= 15 is 0 Å². The van der Waals surface area contributed by atoms with Gasteiger partial charge in [0.2, 0.25) is 5.91 Å². The molecule has 0 bridgehead atoms. The lowest BCUT2D eigenvalue weighted by Gasteiger charge is -2.35. The van der Waals surface area contributed by atoms with Crippen molar-refractivity contribution in [2.75, 3.05) is 18.1 Å². The van der Waals surface area contributed by atoms with Crippen molar-refractivity contribution in [2.24, 2.45) is 16.7 Å². The van der Waals surface area contributed by atoms with Crippen molar-refractivity contribution >= 4 is 21.7 Å². The predicted molar refractivity (Wildman–Crippen MR) is 77.5 cm³/mol. The van der Waals surface area contributed by atoms with E-state index in [1.807, 2.05) is 27.7 Å². The van der Waals surface area contributed by atoms with Gasteiger partial charge < -0.3 is 10.0 Å². The summed E-state index contributed by atoms with van der Waals surface area (Å²) >= 11 is 0. The van der Waals surface area contributed by atoms with E-state index in [0.717, 1.165) is 0 Å². The number of rotatable bonds is 3. The van der Waals surface area contributed by atoms with Crippen molar-refractivity contribution in [3.8, 4) is 0 Å². The highest BCUT2D eigenvalue weighted by molar-refractivity contribution is 7.91. The quantitative estimate of drug-likeness (QED) is 0.830. The Labute approximate surface area is 125 Å². The summed E-state index contributed by atoms with van der Waals surface area (Å²) in [6, 6.07) is -0.749. The van der Waals surface area contributed by atoms with Crippen molar-refractivity contribution in [1.29, 1.82) is 0 Å². The summed E-state index contributed by atoms with van der Waals surface area (Å²) in [7, 11) is -3.26. The Balaban J connectivity index is 2.21. The van der Waals surface area contributed by atoms with Gasteiger partial charge in [-0.1, -0.05) is 27.7 Å². The minimum absolute atomic E-state index is 0.0809. The fourth-order valence-corrected chi connectivity index (χ4v) is 5.05. The lowest BCUT2D eigenvalue weighted by Crippen LogP contribution is -2.53. The van der Waals surface area contributed by atoms with E-state index < -0.39 is 21.8 Å². The molecule has 1 aliphatic carbocycles. The standard InChI is InChI=1S/C14H23NO5S/c1-13(2)11(14(13,3)4)12(18)15-5-6-21(19,20)8-9(15)7-10(16)17/h9,11H,5-8H2,1-4H3,(H,16,17). The molecule has 0 spiro atoms.